The molecule has 0 spiro atoms. The Balaban J connectivity index is 1.48. The first-order valence-corrected chi connectivity index (χ1v) is 9.25. The fraction of sp³-hybridized carbons (Fsp3) is 0.429. The van der Waals surface area contributed by atoms with E-state index in [0.29, 0.717) is 25.9 Å². The molecule has 1 fully saturated rings. The number of carbonyl (C=O) groups is 2. The number of hydrogen-bond acceptors (Lipinski definition) is 3. The minimum Gasteiger partial charge on any atom is -0.481 e. The van der Waals surface area contributed by atoms with Gasteiger partial charge in [0.05, 0.1) is 11.8 Å². The van der Waals surface area contributed by atoms with Crippen LogP contribution in [0.3, 0.4) is 0 Å². The van der Waals surface area contributed by atoms with E-state index in [9.17, 15) is 14.7 Å². The molecule has 1 aromatic rings. The Labute approximate surface area is 154 Å². The van der Waals surface area contributed by atoms with E-state index in [1.54, 1.807) is 0 Å². The standard InChI is InChI=1S/C21H26N2O3/c24-20(18-10-4-5-11-19(18)21(25)26)23-15-13-22(14-16-23)12-6-9-17-7-2-1-3-8-17/h1-9,18-19H,10-16H2,(H,25,26). The molecular formula is C21H26N2O3. The molecule has 2 unspecified atom stereocenters. The lowest BCUT2D eigenvalue weighted by molar-refractivity contribution is -0.151. The number of benzene rings is 1. The van der Waals surface area contributed by atoms with Crippen molar-refractivity contribution in [2.75, 3.05) is 32.7 Å². The third-order valence-corrected chi connectivity index (χ3v) is 5.22. The van der Waals surface area contributed by atoms with Crippen LogP contribution in [-0.4, -0.2) is 59.5 Å². The van der Waals surface area contributed by atoms with Crippen LogP contribution >= 0.6 is 0 Å². The van der Waals surface area contributed by atoms with Gasteiger partial charge in [0.15, 0.2) is 0 Å². The molecule has 5 nitrogen and oxygen atoms in total. The summed E-state index contributed by atoms with van der Waals surface area (Å²) in [7, 11) is 0. The summed E-state index contributed by atoms with van der Waals surface area (Å²) >= 11 is 0. The van der Waals surface area contributed by atoms with Crippen LogP contribution in [0.15, 0.2) is 48.6 Å². The van der Waals surface area contributed by atoms with E-state index >= 15 is 0 Å². The molecule has 0 radical (unpaired) electrons. The molecule has 1 heterocycles. The van der Waals surface area contributed by atoms with Crippen molar-refractivity contribution in [3.8, 4) is 0 Å². The maximum absolute atomic E-state index is 12.8. The molecule has 1 N–H and O–H groups in total. The van der Waals surface area contributed by atoms with E-state index in [2.05, 4.69) is 29.2 Å². The zero-order valence-corrected chi connectivity index (χ0v) is 15.0. The van der Waals surface area contributed by atoms with Crippen LogP contribution in [0, 0.1) is 11.8 Å². The van der Waals surface area contributed by atoms with E-state index in [0.717, 1.165) is 19.6 Å². The molecule has 2 atom stereocenters. The second-order valence-electron chi connectivity index (χ2n) is 6.93. The second kappa shape index (κ2) is 8.81. The molecule has 5 heteroatoms. The maximum atomic E-state index is 12.8. The zero-order valence-electron chi connectivity index (χ0n) is 15.0. The maximum Gasteiger partial charge on any atom is 0.307 e. The largest absolute Gasteiger partial charge is 0.481 e. The number of carbonyl (C=O) groups excluding carboxylic acids is 1. The second-order valence-corrected chi connectivity index (χ2v) is 6.93. The molecule has 1 saturated heterocycles. The van der Waals surface area contributed by atoms with E-state index in [-0.39, 0.29) is 5.91 Å². The van der Waals surface area contributed by atoms with Crippen LogP contribution in [0.4, 0.5) is 0 Å². The van der Waals surface area contributed by atoms with Crippen LogP contribution in [0.5, 0.6) is 0 Å². The zero-order chi connectivity index (χ0) is 18.4. The smallest absolute Gasteiger partial charge is 0.307 e. The minimum atomic E-state index is -0.864. The molecule has 138 valence electrons. The Morgan fingerprint density at radius 3 is 2.31 bits per heavy atom. The first kappa shape index (κ1) is 18.4. The molecular weight excluding hydrogens is 328 g/mol. The highest BCUT2D eigenvalue weighted by atomic mass is 16.4. The van der Waals surface area contributed by atoms with Gasteiger partial charge in [-0.25, -0.2) is 0 Å². The SMILES string of the molecule is O=C(O)C1CC=CCC1C(=O)N1CCN(CC=Cc2ccccc2)CC1. The van der Waals surface area contributed by atoms with Crippen molar-refractivity contribution in [1.29, 1.82) is 0 Å². The van der Waals surface area contributed by atoms with Crippen molar-refractivity contribution in [3.05, 3.63) is 54.1 Å². The first-order valence-electron chi connectivity index (χ1n) is 9.25. The van der Waals surface area contributed by atoms with Crippen molar-refractivity contribution < 1.29 is 14.7 Å². The van der Waals surface area contributed by atoms with Crippen LogP contribution in [-0.2, 0) is 9.59 Å². The van der Waals surface area contributed by atoms with Gasteiger partial charge in [-0.3, -0.25) is 14.5 Å². The predicted octanol–water partition coefficient (Wildman–Crippen LogP) is 2.51. The van der Waals surface area contributed by atoms with Gasteiger partial charge >= 0.3 is 5.97 Å². The van der Waals surface area contributed by atoms with E-state index in [1.807, 2.05) is 35.3 Å². The monoisotopic (exact) mass is 354 g/mol. The lowest BCUT2D eigenvalue weighted by Crippen LogP contribution is -2.51. The number of piperazine rings is 1. The van der Waals surface area contributed by atoms with Crippen molar-refractivity contribution in [1.82, 2.24) is 9.80 Å². The summed E-state index contributed by atoms with van der Waals surface area (Å²) in [6.07, 6.45) is 9.07. The van der Waals surface area contributed by atoms with Crippen LogP contribution in [0.2, 0.25) is 0 Å². The van der Waals surface area contributed by atoms with E-state index in [1.165, 1.54) is 5.56 Å². The molecule has 1 aliphatic heterocycles. The average molecular weight is 354 g/mol. The number of rotatable bonds is 5. The fourth-order valence-electron chi connectivity index (χ4n) is 3.65. The summed E-state index contributed by atoms with van der Waals surface area (Å²) in [6, 6.07) is 10.2. The molecule has 1 amide bonds. The van der Waals surface area contributed by atoms with Crippen molar-refractivity contribution in [3.63, 3.8) is 0 Å². The molecule has 3 rings (SSSR count). The lowest BCUT2D eigenvalue weighted by Gasteiger charge is -2.37. The summed E-state index contributed by atoms with van der Waals surface area (Å²) in [5.41, 5.74) is 1.19. The lowest BCUT2D eigenvalue weighted by atomic mass is 9.82. The normalized spacial score (nSPS) is 24.1. The van der Waals surface area contributed by atoms with Crippen molar-refractivity contribution in [2.45, 2.75) is 12.8 Å². The quantitative estimate of drug-likeness (QED) is 0.826. The molecule has 0 saturated carbocycles. The molecule has 2 aliphatic rings. The van der Waals surface area contributed by atoms with Gasteiger partial charge in [-0.15, -0.1) is 0 Å². The predicted molar refractivity (Wildman–Crippen MR) is 101 cm³/mol. The van der Waals surface area contributed by atoms with Crippen LogP contribution in [0.25, 0.3) is 6.08 Å². The van der Waals surface area contributed by atoms with Crippen molar-refractivity contribution >= 4 is 18.0 Å². The van der Waals surface area contributed by atoms with Gasteiger partial charge in [0.2, 0.25) is 5.91 Å². The molecule has 1 aromatic carbocycles. The van der Waals surface area contributed by atoms with Gasteiger partial charge in [0, 0.05) is 32.7 Å². The summed E-state index contributed by atoms with van der Waals surface area (Å²) in [5.74, 6) is -1.86. The summed E-state index contributed by atoms with van der Waals surface area (Å²) in [4.78, 5) is 28.4. The molecule has 26 heavy (non-hydrogen) atoms. The van der Waals surface area contributed by atoms with Gasteiger partial charge in [-0.2, -0.15) is 0 Å². The third-order valence-electron chi connectivity index (χ3n) is 5.22. The summed E-state index contributed by atoms with van der Waals surface area (Å²) in [5, 5.41) is 9.37. The third kappa shape index (κ3) is 4.61. The van der Waals surface area contributed by atoms with Gasteiger partial charge in [-0.05, 0) is 18.4 Å². The van der Waals surface area contributed by atoms with Crippen LogP contribution in [0.1, 0.15) is 18.4 Å². The van der Waals surface area contributed by atoms with Gasteiger partial charge in [-0.1, -0.05) is 54.6 Å². The Morgan fingerprint density at radius 1 is 1.00 bits per heavy atom. The van der Waals surface area contributed by atoms with E-state index < -0.39 is 17.8 Å². The Morgan fingerprint density at radius 2 is 1.65 bits per heavy atom. The molecule has 0 bridgehead atoms. The Bertz CT molecular complexity index is 676. The van der Waals surface area contributed by atoms with Crippen molar-refractivity contribution in [2.24, 2.45) is 11.8 Å². The topological polar surface area (TPSA) is 60.9 Å². The number of carboxylic acids is 1. The Hall–Kier alpha value is -2.40. The van der Waals surface area contributed by atoms with E-state index in [4.69, 9.17) is 0 Å². The number of amides is 1. The summed E-state index contributed by atoms with van der Waals surface area (Å²) < 4.78 is 0. The highest BCUT2D eigenvalue weighted by Crippen LogP contribution is 2.28. The van der Waals surface area contributed by atoms with Gasteiger partial charge in [0.25, 0.3) is 0 Å². The fourth-order valence-corrected chi connectivity index (χ4v) is 3.65. The first-order chi connectivity index (χ1) is 12.6. The minimum absolute atomic E-state index is 0.00114. The number of allylic oxidation sites excluding steroid dienone is 2. The Kier molecular flexibility index (Phi) is 6.23. The summed E-state index contributed by atoms with van der Waals surface area (Å²) in [6.45, 7) is 3.85. The number of aliphatic carboxylic acids is 1. The number of hydrogen-bond donors (Lipinski definition) is 1. The molecule has 0 aromatic heterocycles. The number of nitrogens with zero attached hydrogens (tertiary/aromatic N) is 2. The molecule has 1 aliphatic carbocycles. The van der Waals surface area contributed by atoms with Gasteiger partial charge in [0.1, 0.15) is 0 Å². The average Bonchev–Trinajstić information content (AvgIpc) is 2.69. The van der Waals surface area contributed by atoms with Crippen LogP contribution < -0.4 is 0 Å². The highest BCUT2D eigenvalue weighted by molar-refractivity contribution is 5.85. The number of carboxylic acid groups (broad SMARTS) is 1. The highest BCUT2D eigenvalue weighted by Gasteiger charge is 2.37. The van der Waals surface area contributed by atoms with Gasteiger partial charge < -0.3 is 10.0 Å².